The number of carbonyl (C=O) groups is 9. The van der Waals surface area contributed by atoms with Gasteiger partial charge in [0.05, 0.1) is 39.8 Å². The molecule has 18 atom stereocenters. The number of hydrogen-bond donors (Lipinski definition) is 20. The zero-order valence-electron chi connectivity index (χ0n) is 69.5. The second kappa shape index (κ2) is 41.6. The van der Waals surface area contributed by atoms with Gasteiger partial charge in [-0.25, -0.2) is 9.59 Å². The van der Waals surface area contributed by atoms with E-state index in [4.69, 9.17) is 77.3 Å². The van der Waals surface area contributed by atoms with Crippen molar-refractivity contribution in [3.05, 3.63) is 129 Å². The molecule has 7 aliphatic rings. The molecule has 13 rings (SSSR count). The Morgan fingerprint density at radius 2 is 1.28 bits per heavy atom. The zero-order valence-corrected chi connectivity index (χ0v) is 71.0. The Morgan fingerprint density at radius 3 is 1.86 bits per heavy atom. The van der Waals surface area contributed by atoms with Gasteiger partial charge in [-0.15, -0.1) is 0 Å². The number of aromatic hydroxyl groups is 3. The number of benzene rings is 6. The van der Waals surface area contributed by atoms with Crippen LogP contribution in [-0.4, -0.2) is 233 Å². The fourth-order valence-corrected chi connectivity index (χ4v) is 15.8. The highest BCUT2D eigenvalue weighted by Gasteiger charge is 2.52. The van der Waals surface area contributed by atoms with Crippen molar-refractivity contribution < 1.29 is 132 Å². The molecule has 125 heavy (non-hydrogen) atoms. The van der Waals surface area contributed by atoms with Gasteiger partial charge < -0.3 is 143 Å². The smallest absolute Gasteiger partial charge is 0.330 e. The summed E-state index contributed by atoms with van der Waals surface area (Å²) >= 11 is 14.4. The molecule has 0 aliphatic carbocycles. The van der Waals surface area contributed by atoms with Gasteiger partial charge in [0.2, 0.25) is 47.3 Å². The van der Waals surface area contributed by atoms with Crippen LogP contribution in [0.2, 0.25) is 10.0 Å². The third kappa shape index (κ3) is 22.4. The topological polar surface area (TPSA) is 579 Å². The number of carboxylic acid groups (broad SMARTS) is 1. The summed E-state index contributed by atoms with van der Waals surface area (Å²) in [5, 5.41) is 129. The Balaban J connectivity index is 1.14. The van der Waals surface area contributed by atoms with Crippen LogP contribution in [0.5, 0.6) is 63.2 Å². The van der Waals surface area contributed by atoms with Crippen LogP contribution in [0.4, 0.5) is 10.5 Å². The molecule has 40 heteroatoms. The highest BCUT2D eigenvalue weighted by atomic mass is 35.5. The lowest BCUT2D eigenvalue weighted by atomic mass is 9.84. The summed E-state index contributed by atoms with van der Waals surface area (Å²) < 4.78 is 57.6. The number of halogens is 2. The van der Waals surface area contributed by atoms with Crippen LogP contribution in [-0.2, 0) is 52.6 Å². The standard InChI is InChI=1S/C85H105Cl2N11O27/c1-9-39(22-37(2)3)78(110)97-68-54(102)26-44(29-63(104)94-84(116)93-45-30-58(117-19-16-90-6)74(119-21-18-92-8)59(31-45)118-20-17-91-7)79(111)95-66-43-27-60(121-56-14-11-41(70(68)105)24-50(56)86)75(125-83-76(73(108)72(107)62(36-88)123-83)124-64-35-85(5,89)77(109)38(4)120-64)61(28-43)122-57-15-12-42(25-51(57)87)71(106)69-81(113)96-67(82(114)115)49-32-46(99)33-53(101)65(49)48-23-40(10-13-52(48)100)47(34-55(66)103)80(112)98-69/h10-15,23-25,27-28,30-33,37-39,44,47,62,64,66-73,76-77,83,90-92,99-101,105-109H,9,16-22,26,29,34-36,88-89H2,1-8H3,(H,95,111)(H,96,113)(H,97,110)(H,98,112)(H,114,115)(H2,93,94,104,116)/t38-,39+,44-,47+,62+,64-,66+,67-,68-,69-,70+,71+,72+,73-,76+,77+,83-,85-/m0/s1. The van der Waals surface area contributed by atoms with E-state index >= 15 is 28.8 Å². The van der Waals surface area contributed by atoms with Crippen molar-refractivity contribution in [3.8, 4) is 74.4 Å². The van der Waals surface area contributed by atoms with Crippen molar-refractivity contribution in [1.82, 2.24) is 42.5 Å². The summed E-state index contributed by atoms with van der Waals surface area (Å²) in [6, 6.07) is 6.79. The van der Waals surface area contributed by atoms with E-state index in [0.717, 1.165) is 60.7 Å². The van der Waals surface area contributed by atoms with Crippen molar-refractivity contribution in [2.24, 2.45) is 29.2 Å². The number of anilines is 1. The predicted molar refractivity (Wildman–Crippen MR) is 448 cm³/mol. The van der Waals surface area contributed by atoms with Gasteiger partial charge in [0.15, 0.2) is 53.0 Å². The normalized spacial score (nSPS) is 26.0. The molecule has 0 aromatic heterocycles. The van der Waals surface area contributed by atoms with Gasteiger partial charge in [0, 0.05) is 98.2 Å². The van der Waals surface area contributed by atoms with Crippen LogP contribution >= 0.6 is 23.2 Å². The number of fused-ring (bicyclic) bond motifs is 15. The van der Waals surface area contributed by atoms with Crippen LogP contribution in [0.15, 0.2) is 91.0 Å². The summed E-state index contributed by atoms with van der Waals surface area (Å²) in [6.45, 7) is 9.43. The number of urea groups is 1. The van der Waals surface area contributed by atoms with Crippen molar-refractivity contribution in [2.75, 3.05) is 72.5 Å². The van der Waals surface area contributed by atoms with Gasteiger partial charge in [-0.2, -0.15) is 0 Å². The number of likely N-dealkylation sites (N-methyl/N-ethyl adjacent to an activating group) is 3. The van der Waals surface area contributed by atoms with Crippen LogP contribution in [0.25, 0.3) is 11.1 Å². The molecule has 7 aliphatic heterocycles. The van der Waals surface area contributed by atoms with Gasteiger partial charge in [0.25, 0.3) is 0 Å². The Bertz CT molecular complexity index is 4960. The molecule has 6 aromatic rings. The Kier molecular flexibility index (Phi) is 31.5. The summed E-state index contributed by atoms with van der Waals surface area (Å²) in [4.78, 5) is 137. The number of ketones is 2. The van der Waals surface area contributed by atoms with E-state index in [1.165, 1.54) is 44.2 Å². The van der Waals surface area contributed by atoms with E-state index in [1.807, 2.05) is 13.8 Å². The number of carbonyl (C=O) groups excluding carboxylic acids is 8. The van der Waals surface area contributed by atoms with E-state index in [0.29, 0.717) is 19.6 Å². The molecule has 0 unspecified atom stereocenters. The number of hydrogen-bond acceptors (Lipinski definition) is 31. The fraction of sp³-hybridized carbons (Fsp3) is 0.471. The number of aliphatic hydroxyl groups is 5. The third-order valence-electron chi connectivity index (χ3n) is 22.0. The Morgan fingerprint density at radius 1 is 0.672 bits per heavy atom. The molecule has 0 spiro atoms. The summed E-state index contributed by atoms with van der Waals surface area (Å²) in [7, 11) is 5.12. The number of phenols is 3. The van der Waals surface area contributed by atoms with Crippen LogP contribution in [0, 0.1) is 17.8 Å². The lowest BCUT2D eigenvalue weighted by Crippen LogP contribution is -2.65. The number of nitrogens with one attached hydrogen (secondary N) is 9. The molecule has 38 nitrogen and oxygen atoms in total. The summed E-state index contributed by atoms with van der Waals surface area (Å²) in [5.74, 6) is -19.7. The number of nitrogens with two attached hydrogens (primary N) is 2. The van der Waals surface area contributed by atoms with Gasteiger partial charge in [-0.1, -0.05) is 62.2 Å². The lowest BCUT2D eigenvalue weighted by Gasteiger charge is -2.47. The first kappa shape index (κ1) is 94.9. The maximum atomic E-state index is 16.7. The van der Waals surface area contributed by atoms with Gasteiger partial charge in [-0.3, -0.25) is 38.9 Å². The lowest BCUT2D eigenvalue weighted by molar-refractivity contribution is -0.330. The molecule has 0 saturated carbocycles. The first-order chi connectivity index (χ1) is 59.4. The first-order valence-electron chi connectivity index (χ1n) is 40.6. The number of ether oxygens (including phenoxy) is 9. The van der Waals surface area contributed by atoms with Crippen LogP contribution in [0.1, 0.15) is 131 Å². The second-order valence-electron chi connectivity index (χ2n) is 31.8. The minimum atomic E-state index is -2.31. The first-order valence-corrected chi connectivity index (χ1v) is 41.4. The summed E-state index contributed by atoms with van der Waals surface area (Å²) in [6.07, 6.45) is -20.2. The SMILES string of the molecule is CC[C@H](CC(C)C)C(=O)N[C@H]1C(=O)C[C@@H](CC(=O)NC(=O)Nc2cc(OCCNC)c(OCCNC)c(OCCNC)c2)C(=O)N[C@H]2C(=O)C[C@H]3C(=O)N[C@H](C(=O)N[C@H](C(=O)O)c4cc(O)cc(O)c4-c4cc3ccc4O)[C@H](O)c3ccc(c(Cl)c3)Oc3cc2cc(c3O[C@@H]2O[C@H](CN)[C@@H](O)[C@H](O)[C@H]2O[C@H]2C[C@](C)(N)[C@H](O)[C@H](C)O2)Oc2ccc(cc2Cl)[C@H]1O. The Labute approximate surface area is 727 Å². The quantitative estimate of drug-likeness (QED) is 0.0339. The van der Waals surface area contributed by atoms with Gasteiger partial charge in [0.1, 0.15) is 97.2 Å². The number of aliphatic hydroxyl groups excluding tert-OH is 5. The molecule has 2 saturated heterocycles. The van der Waals surface area contributed by atoms with Crippen molar-refractivity contribution in [2.45, 2.75) is 170 Å². The number of imide groups is 1. The molecule has 676 valence electrons. The Hall–Kier alpha value is -10.8. The average Bonchev–Trinajstić information content (AvgIpc) is 0.763. The van der Waals surface area contributed by atoms with Gasteiger partial charge >= 0.3 is 12.0 Å². The van der Waals surface area contributed by atoms with E-state index in [2.05, 4.69) is 47.9 Å². The van der Waals surface area contributed by atoms with E-state index in [9.17, 15) is 60.3 Å². The highest BCUT2D eigenvalue weighted by molar-refractivity contribution is 6.32. The molecule has 7 amide bonds. The summed E-state index contributed by atoms with van der Waals surface area (Å²) in [5.41, 5.74) is 8.72. The van der Waals surface area contributed by atoms with Gasteiger partial charge in [-0.05, 0) is 131 Å². The third-order valence-corrected chi connectivity index (χ3v) is 22.6. The van der Waals surface area contributed by atoms with Crippen molar-refractivity contribution in [3.63, 3.8) is 0 Å². The molecule has 2 fully saturated rings. The minimum Gasteiger partial charge on any atom is -0.508 e. The monoisotopic (exact) mass is 1780 g/mol. The number of aliphatic carboxylic acids is 1. The van der Waals surface area contributed by atoms with E-state index < -0.39 is 255 Å². The van der Waals surface area contributed by atoms with E-state index in [1.54, 1.807) is 28.1 Å². The number of phenolic OH excluding ortho intramolecular Hbond substituents is 3. The van der Waals surface area contributed by atoms with Crippen molar-refractivity contribution in [1.29, 1.82) is 0 Å². The maximum absolute atomic E-state index is 16.7. The molecule has 0 radical (unpaired) electrons. The van der Waals surface area contributed by atoms with Crippen LogP contribution in [0.3, 0.4) is 0 Å². The highest BCUT2D eigenvalue weighted by Crippen LogP contribution is 2.51. The second-order valence-corrected chi connectivity index (χ2v) is 32.6. The molecule has 7 heterocycles. The zero-order chi connectivity index (χ0) is 90.7. The van der Waals surface area contributed by atoms with Crippen LogP contribution < -0.4 is 87.7 Å². The molecule has 22 N–H and O–H groups in total. The maximum Gasteiger partial charge on any atom is 0.330 e. The number of Topliss-reactive ketones (excluding diaryl/α,β-unsaturated/α-hetero) is 2. The fourth-order valence-electron chi connectivity index (χ4n) is 15.4. The average molecular weight is 1780 g/mol. The largest absolute Gasteiger partial charge is 0.508 e. The predicted octanol–water partition coefficient (Wildman–Crippen LogP) is 4.14. The van der Waals surface area contributed by atoms with Crippen molar-refractivity contribution >= 4 is 82.0 Å². The molecule has 6 aromatic carbocycles. The molecule has 11 bridgehead atoms. The molecular formula is C85H105Cl2N11O27. The number of carboxylic acids is 1. The number of amides is 7. The van der Waals surface area contributed by atoms with E-state index in [-0.39, 0.29) is 95.4 Å². The molecular weight excluding hydrogens is 1680 g/mol. The number of rotatable bonds is 26. The minimum absolute atomic E-state index is 0.0125.